The normalized spacial score (nSPS) is 11.6. The lowest BCUT2D eigenvalue weighted by molar-refractivity contribution is -0.142. The molecule has 0 spiro atoms. The maximum atomic E-state index is 13.0. The number of aryl methyl sites for hydroxylation is 2. The number of carbonyl (C=O) groups excluding carboxylic acids is 2. The molecule has 1 N–H and O–H groups in total. The summed E-state index contributed by atoms with van der Waals surface area (Å²) in [5, 5.41) is 2.79. The van der Waals surface area contributed by atoms with E-state index in [-0.39, 0.29) is 18.4 Å². The Bertz CT molecular complexity index is 832. The third-order valence-corrected chi connectivity index (χ3v) is 4.86. The summed E-state index contributed by atoms with van der Waals surface area (Å²) in [4.78, 5) is 26.9. The number of likely N-dealkylation sites (N-methyl/N-ethyl adjacent to an activating group) is 1. The first-order chi connectivity index (χ1) is 13.3. The third-order valence-electron chi connectivity index (χ3n) is 4.86. The average molecular weight is 383 g/mol. The summed E-state index contributed by atoms with van der Waals surface area (Å²) in [6.45, 7) is 10.4. The molecule has 0 heterocycles. The fourth-order valence-electron chi connectivity index (χ4n) is 3.01. The van der Waals surface area contributed by atoms with Gasteiger partial charge in [0.05, 0.1) is 0 Å². The Balaban J connectivity index is 2.17. The molecular weight excluding hydrogens is 352 g/mol. The molecule has 0 aliphatic heterocycles. The first-order valence-electron chi connectivity index (χ1n) is 9.65. The van der Waals surface area contributed by atoms with Crippen molar-refractivity contribution in [2.45, 2.75) is 47.2 Å². The Morgan fingerprint density at radius 1 is 1.11 bits per heavy atom. The van der Waals surface area contributed by atoms with Crippen molar-refractivity contribution in [1.29, 1.82) is 0 Å². The molecule has 28 heavy (non-hydrogen) atoms. The summed E-state index contributed by atoms with van der Waals surface area (Å²) < 4.78 is 5.79. The van der Waals surface area contributed by atoms with Crippen LogP contribution in [-0.4, -0.2) is 35.9 Å². The molecule has 0 aliphatic carbocycles. The molecule has 0 radical (unpaired) electrons. The van der Waals surface area contributed by atoms with Gasteiger partial charge in [-0.05, 0) is 57.4 Å². The van der Waals surface area contributed by atoms with Crippen LogP contribution in [0.5, 0.6) is 5.75 Å². The van der Waals surface area contributed by atoms with Gasteiger partial charge in [0.15, 0.2) is 6.61 Å². The van der Waals surface area contributed by atoms with Gasteiger partial charge in [0.2, 0.25) is 5.91 Å². The predicted molar refractivity (Wildman–Crippen MR) is 111 cm³/mol. The van der Waals surface area contributed by atoms with Crippen LogP contribution in [0.1, 0.15) is 36.1 Å². The van der Waals surface area contributed by atoms with E-state index < -0.39 is 6.04 Å². The maximum Gasteiger partial charge on any atom is 0.261 e. The average Bonchev–Trinajstić information content (AvgIpc) is 2.66. The minimum Gasteiger partial charge on any atom is -0.483 e. The molecule has 2 aromatic rings. The van der Waals surface area contributed by atoms with Gasteiger partial charge < -0.3 is 15.0 Å². The van der Waals surface area contributed by atoms with Crippen LogP contribution in [-0.2, 0) is 16.1 Å². The van der Waals surface area contributed by atoms with Crippen LogP contribution in [0.3, 0.4) is 0 Å². The van der Waals surface area contributed by atoms with E-state index in [1.807, 2.05) is 70.2 Å². The third kappa shape index (κ3) is 5.59. The van der Waals surface area contributed by atoms with Gasteiger partial charge in [-0.25, -0.2) is 0 Å². The van der Waals surface area contributed by atoms with Gasteiger partial charge in [0.1, 0.15) is 11.8 Å². The Morgan fingerprint density at radius 2 is 1.82 bits per heavy atom. The molecule has 2 rings (SSSR count). The number of nitrogens with zero attached hydrogens (tertiary/aromatic N) is 1. The van der Waals surface area contributed by atoms with Crippen LogP contribution in [0.25, 0.3) is 0 Å². The highest BCUT2D eigenvalue weighted by molar-refractivity contribution is 5.87. The molecule has 0 aromatic heterocycles. The Labute approximate surface area is 167 Å². The molecule has 1 atom stereocenters. The highest BCUT2D eigenvalue weighted by Gasteiger charge is 2.26. The molecule has 1 unspecified atom stereocenters. The van der Waals surface area contributed by atoms with E-state index in [4.69, 9.17) is 4.74 Å². The summed E-state index contributed by atoms with van der Waals surface area (Å²) in [6, 6.07) is 13.1. The molecule has 0 bridgehead atoms. The lowest BCUT2D eigenvalue weighted by Crippen LogP contribution is -2.49. The lowest BCUT2D eigenvalue weighted by Gasteiger charge is -2.29. The minimum atomic E-state index is -0.588. The van der Waals surface area contributed by atoms with Gasteiger partial charge >= 0.3 is 0 Å². The fraction of sp³-hybridized carbons (Fsp3) is 0.391. The molecule has 0 aliphatic rings. The molecule has 2 amide bonds. The SMILES string of the molecule is CCNC(=O)C(C)N(Cc1cccc(C)c1)C(=O)COc1cccc(C)c1C. The Morgan fingerprint density at radius 3 is 2.50 bits per heavy atom. The van der Waals surface area contributed by atoms with Gasteiger partial charge in [-0.2, -0.15) is 0 Å². The minimum absolute atomic E-state index is 0.111. The molecule has 0 saturated heterocycles. The Hall–Kier alpha value is -2.82. The summed E-state index contributed by atoms with van der Waals surface area (Å²) >= 11 is 0. The van der Waals surface area contributed by atoms with Crippen molar-refractivity contribution in [2.75, 3.05) is 13.2 Å². The second kappa shape index (κ2) is 9.93. The van der Waals surface area contributed by atoms with E-state index in [2.05, 4.69) is 5.32 Å². The van der Waals surface area contributed by atoms with Crippen LogP contribution in [0.15, 0.2) is 42.5 Å². The lowest BCUT2D eigenvalue weighted by atomic mass is 10.1. The standard InChI is InChI=1S/C23H30N2O3/c1-6-24-23(27)19(5)25(14-20-11-7-9-16(2)13-20)22(26)15-28-21-12-8-10-17(3)18(21)4/h7-13,19H,6,14-15H2,1-5H3,(H,24,27). The largest absolute Gasteiger partial charge is 0.483 e. The Kier molecular flexibility index (Phi) is 7.61. The number of rotatable bonds is 8. The zero-order chi connectivity index (χ0) is 20.7. The van der Waals surface area contributed by atoms with Crippen LogP contribution < -0.4 is 10.1 Å². The second-order valence-electron chi connectivity index (χ2n) is 7.07. The summed E-state index contributed by atoms with van der Waals surface area (Å²) in [5.41, 5.74) is 4.22. The van der Waals surface area contributed by atoms with Gasteiger partial charge in [-0.3, -0.25) is 9.59 Å². The number of hydrogen-bond donors (Lipinski definition) is 1. The molecule has 0 fully saturated rings. The maximum absolute atomic E-state index is 13.0. The van der Waals surface area contributed by atoms with E-state index >= 15 is 0 Å². The molecule has 5 nitrogen and oxygen atoms in total. The van der Waals surface area contributed by atoms with Crippen molar-refractivity contribution in [1.82, 2.24) is 10.2 Å². The highest BCUT2D eigenvalue weighted by Crippen LogP contribution is 2.21. The van der Waals surface area contributed by atoms with E-state index in [0.29, 0.717) is 18.8 Å². The van der Waals surface area contributed by atoms with E-state index in [1.165, 1.54) is 0 Å². The number of hydrogen-bond acceptors (Lipinski definition) is 3. The molecule has 0 saturated carbocycles. The quantitative estimate of drug-likeness (QED) is 0.760. The van der Waals surface area contributed by atoms with Crippen LogP contribution >= 0.6 is 0 Å². The summed E-state index contributed by atoms with van der Waals surface area (Å²) in [7, 11) is 0. The van der Waals surface area contributed by atoms with Crippen LogP contribution in [0.2, 0.25) is 0 Å². The van der Waals surface area contributed by atoms with Gasteiger partial charge in [-0.1, -0.05) is 42.0 Å². The highest BCUT2D eigenvalue weighted by atomic mass is 16.5. The topological polar surface area (TPSA) is 58.6 Å². The van der Waals surface area contributed by atoms with Crippen molar-refractivity contribution < 1.29 is 14.3 Å². The fourth-order valence-corrected chi connectivity index (χ4v) is 3.01. The first-order valence-corrected chi connectivity index (χ1v) is 9.65. The number of carbonyl (C=O) groups is 2. The summed E-state index contributed by atoms with van der Waals surface area (Å²) in [6.07, 6.45) is 0. The second-order valence-corrected chi connectivity index (χ2v) is 7.07. The first kappa shape index (κ1) is 21.5. The van der Waals surface area contributed by atoms with E-state index in [1.54, 1.807) is 11.8 Å². The smallest absolute Gasteiger partial charge is 0.261 e. The zero-order valence-corrected chi connectivity index (χ0v) is 17.4. The molecule has 5 heteroatoms. The van der Waals surface area contributed by atoms with Crippen molar-refractivity contribution in [2.24, 2.45) is 0 Å². The van der Waals surface area contributed by atoms with Gasteiger partial charge in [0.25, 0.3) is 5.91 Å². The van der Waals surface area contributed by atoms with Crippen molar-refractivity contribution in [3.63, 3.8) is 0 Å². The molecule has 150 valence electrons. The monoisotopic (exact) mass is 382 g/mol. The molecular formula is C23H30N2O3. The van der Waals surface area contributed by atoms with E-state index in [0.717, 1.165) is 22.3 Å². The van der Waals surface area contributed by atoms with Gasteiger partial charge in [0, 0.05) is 13.1 Å². The number of ether oxygens (including phenoxy) is 1. The van der Waals surface area contributed by atoms with Crippen molar-refractivity contribution >= 4 is 11.8 Å². The van der Waals surface area contributed by atoms with E-state index in [9.17, 15) is 9.59 Å². The number of nitrogens with one attached hydrogen (secondary N) is 1. The predicted octanol–water partition coefficient (Wildman–Crippen LogP) is 3.54. The van der Waals surface area contributed by atoms with Crippen LogP contribution in [0.4, 0.5) is 0 Å². The summed E-state index contributed by atoms with van der Waals surface area (Å²) in [5.74, 6) is 0.297. The van der Waals surface area contributed by atoms with Crippen molar-refractivity contribution in [3.05, 3.63) is 64.7 Å². The number of benzene rings is 2. The van der Waals surface area contributed by atoms with Gasteiger partial charge in [-0.15, -0.1) is 0 Å². The zero-order valence-electron chi connectivity index (χ0n) is 17.4. The molecule has 2 aromatic carbocycles. The van der Waals surface area contributed by atoms with Crippen LogP contribution in [0, 0.1) is 20.8 Å². The van der Waals surface area contributed by atoms with Crippen molar-refractivity contribution in [3.8, 4) is 5.75 Å². The number of amides is 2.